The zero-order valence-electron chi connectivity index (χ0n) is 13.9. The summed E-state index contributed by atoms with van der Waals surface area (Å²) in [4.78, 5) is 11.8. The molecule has 3 rings (SSSR count). The van der Waals surface area contributed by atoms with Crippen LogP contribution in [0.1, 0.15) is 10.4 Å². The zero-order chi connectivity index (χ0) is 19.6. The molecule has 0 atom stereocenters. The lowest BCUT2D eigenvalue weighted by Crippen LogP contribution is -2.41. The van der Waals surface area contributed by atoms with Crippen molar-refractivity contribution in [3.63, 3.8) is 0 Å². The van der Waals surface area contributed by atoms with E-state index in [1.807, 2.05) is 0 Å². The highest BCUT2D eigenvalue weighted by molar-refractivity contribution is 7.89. The Morgan fingerprint density at radius 1 is 1.11 bits per heavy atom. The van der Waals surface area contributed by atoms with Crippen molar-refractivity contribution in [3.8, 4) is 0 Å². The number of rotatable bonds is 4. The van der Waals surface area contributed by atoms with Gasteiger partial charge in [0.05, 0.1) is 23.9 Å². The van der Waals surface area contributed by atoms with Gasteiger partial charge in [-0.05, 0) is 36.4 Å². The second-order valence-electron chi connectivity index (χ2n) is 5.74. The molecule has 0 unspecified atom stereocenters. The Balaban J connectivity index is 1.89. The predicted molar refractivity (Wildman–Crippen MR) is 95.3 cm³/mol. The first-order valence-electron chi connectivity index (χ1n) is 7.93. The summed E-state index contributed by atoms with van der Waals surface area (Å²) in [6.45, 7) is 0.626. The van der Waals surface area contributed by atoms with Gasteiger partial charge in [-0.3, -0.25) is 4.79 Å². The summed E-state index contributed by atoms with van der Waals surface area (Å²) in [5.41, 5.74) is 0.0635. The molecule has 0 aliphatic carbocycles. The van der Waals surface area contributed by atoms with E-state index in [0.29, 0.717) is 0 Å². The zero-order valence-corrected chi connectivity index (χ0v) is 15.5. The van der Waals surface area contributed by atoms with E-state index in [4.69, 9.17) is 16.3 Å². The van der Waals surface area contributed by atoms with Gasteiger partial charge in [0.1, 0.15) is 16.5 Å². The van der Waals surface area contributed by atoms with Gasteiger partial charge in [0.2, 0.25) is 10.0 Å². The first kappa shape index (κ1) is 19.7. The Labute approximate surface area is 159 Å². The number of morpholine rings is 1. The number of amides is 1. The van der Waals surface area contributed by atoms with E-state index in [-0.39, 0.29) is 42.6 Å². The fourth-order valence-electron chi connectivity index (χ4n) is 2.55. The van der Waals surface area contributed by atoms with E-state index in [2.05, 4.69) is 5.32 Å². The molecule has 1 N–H and O–H groups in total. The number of nitrogens with zero attached hydrogens (tertiary/aromatic N) is 1. The summed E-state index contributed by atoms with van der Waals surface area (Å²) >= 11 is 5.86. The normalized spacial score (nSPS) is 15.5. The summed E-state index contributed by atoms with van der Waals surface area (Å²) in [6.07, 6.45) is 0. The van der Waals surface area contributed by atoms with Crippen molar-refractivity contribution >= 4 is 33.2 Å². The number of carbonyl (C=O) groups excluding carboxylic acids is 1. The maximum atomic E-state index is 14.2. The summed E-state index contributed by atoms with van der Waals surface area (Å²) in [5.74, 6) is -2.24. The number of anilines is 1. The van der Waals surface area contributed by atoms with Crippen LogP contribution in [-0.4, -0.2) is 44.9 Å². The van der Waals surface area contributed by atoms with Crippen molar-refractivity contribution in [2.75, 3.05) is 31.6 Å². The Morgan fingerprint density at radius 3 is 2.48 bits per heavy atom. The minimum atomic E-state index is -4.11. The lowest BCUT2D eigenvalue weighted by molar-refractivity contribution is 0.0729. The number of hydrogen-bond acceptors (Lipinski definition) is 4. The van der Waals surface area contributed by atoms with Crippen molar-refractivity contribution in [1.29, 1.82) is 0 Å². The van der Waals surface area contributed by atoms with Crippen molar-refractivity contribution in [1.82, 2.24) is 4.31 Å². The number of benzene rings is 2. The SMILES string of the molecule is O=C(Nc1ccc(F)cc1Cl)c1ccc(F)c(S(=O)(=O)N2CCOCC2)c1. The summed E-state index contributed by atoms with van der Waals surface area (Å²) < 4.78 is 58.8. The second kappa shape index (κ2) is 7.89. The molecule has 0 bridgehead atoms. The molecule has 27 heavy (non-hydrogen) atoms. The van der Waals surface area contributed by atoms with E-state index in [0.717, 1.165) is 34.6 Å². The monoisotopic (exact) mass is 416 g/mol. The van der Waals surface area contributed by atoms with Gasteiger partial charge >= 0.3 is 0 Å². The van der Waals surface area contributed by atoms with Crippen LogP contribution in [0.3, 0.4) is 0 Å². The van der Waals surface area contributed by atoms with E-state index in [9.17, 15) is 22.0 Å². The highest BCUT2D eigenvalue weighted by atomic mass is 35.5. The van der Waals surface area contributed by atoms with Crippen LogP contribution in [0.2, 0.25) is 5.02 Å². The van der Waals surface area contributed by atoms with Crippen LogP contribution in [-0.2, 0) is 14.8 Å². The molecule has 10 heteroatoms. The Bertz CT molecular complexity index is 979. The molecule has 1 aliphatic heterocycles. The lowest BCUT2D eigenvalue weighted by atomic mass is 10.2. The maximum absolute atomic E-state index is 14.2. The van der Waals surface area contributed by atoms with Crippen molar-refractivity contribution in [2.24, 2.45) is 0 Å². The van der Waals surface area contributed by atoms with Crippen LogP contribution in [0.5, 0.6) is 0 Å². The van der Waals surface area contributed by atoms with Crippen LogP contribution in [0.15, 0.2) is 41.3 Å². The Morgan fingerprint density at radius 2 is 1.81 bits per heavy atom. The largest absolute Gasteiger partial charge is 0.379 e. The van der Waals surface area contributed by atoms with Gasteiger partial charge in [-0.2, -0.15) is 4.31 Å². The minimum absolute atomic E-state index is 0.0216. The highest BCUT2D eigenvalue weighted by Gasteiger charge is 2.29. The lowest BCUT2D eigenvalue weighted by Gasteiger charge is -2.26. The van der Waals surface area contributed by atoms with Crippen molar-refractivity contribution in [2.45, 2.75) is 4.90 Å². The number of ether oxygens (including phenoxy) is 1. The number of carbonyl (C=O) groups is 1. The van der Waals surface area contributed by atoms with E-state index in [1.165, 1.54) is 6.07 Å². The predicted octanol–water partition coefficient (Wildman–Crippen LogP) is 2.89. The van der Waals surface area contributed by atoms with Gasteiger partial charge in [-0.25, -0.2) is 17.2 Å². The average molecular weight is 417 g/mol. The van der Waals surface area contributed by atoms with Crippen molar-refractivity contribution in [3.05, 3.63) is 58.6 Å². The quantitative estimate of drug-likeness (QED) is 0.831. The first-order chi connectivity index (χ1) is 12.8. The molecule has 6 nitrogen and oxygen atoms in total. The third kappa shape index (κ3) is 4.27. The molecule has 1 saturated heterocycles. The topological polar surface area (TPSA) is 75.7 Å². The van der Waals surface area contributed by atoms with Crippen LogP contribution >= 0.6 is 11.6 Å². The first-order valence-corrected chi connectivity index (χ1v) is 9.75. The Hall–Kier alpha value is -2.07. The number of hydrogen-bond donors (Lipinski definition) is 1. The summed E-state index contributed by atoms with van der Waals surface area (Å²) in [5, 5.41) is 2.42. The fraction of sp³-hybridized carbons (Fsp3) is 0.235. The summed E-state index contributed by atoms with van der Waals surface area (Å²) in [7, 11) is -4.11. The third-order valence-corrected chi connectivity index (χ3v) is 6.19. The van der Waals surface area contributed by atoms with Crippen LogP contribution < -0.4 is 5.32 Å². The van der Waals surface area contributed by atoms with E-state index in [1.54, 1.807) is 0 Å². The molecular weight excluding hydrogens is 402 g/mol. The minimum Gasteiger partial charge on any atom is -0.379 e. The number of nitrogens with one attached hydrogen (secondary N) is 1. The molecule has 0 spiro atoms. The highest BCUT2D eigenvalue weighted by Crippen LogP contribution is 2.25. The fourth-order valence-corrected chi connectivity index (χ4v) is 4.27. The second-order valence-corrected chi connectivity index (χ2v) is 8.05. The maximum Gasteiger partial charge on any atom is 0.255 e. The summed E-state index contributed by atoms with van der Waals surface area (Å²) in [6, 6.07) is 6.43. The van der Waals surface area contributed by atoms with Gasteiger partial charge in [0, 0.05) is 18.7 Å². The van der Waals surface area contributed by atoms with Gasteiger partial charge < -0.3 is 10.1 Å². The molecule has 1 amide bonds. The van der Waals surface area contributed by atoms with Crippen LogP contribution in [0, 0.1) is 11.6 Å². The smallest absolute Gasteiger partial charge is 0.255 e. The standard InChI is InChI=1S/C17H15ClF2N2O4S/c18-13-10-12(19)2-4-15(13)21-17(23)11-1-3-14(20)16(9-11)27(24,25)22-5-7-26-8-6-22/h1-4,9-10H,5-8H2,(H,21,23). The van der Waals surface area contributed by atoms with Gasteiger partial charge in [0.25, 0.3) is 5.91 Å². The van der Waals surface area contributed by atoms with E-state index < -0.39 is 32.5 Å². The van der Waals surface area contributed by atoms with E-state index >= 15 is 0 Å². The molecule has 1 aliphatic rings. The van der Waals surface area contributed by atoms with Gasteiger partial charge in [-0.1, -0.05) is 11.6 Å². The molecule has 144 valence electrons. The molecule has 0 saturated carbocycles. The van der Waals surface area contributed by atoms with Crippen LogP contribution in [0.25, 0.3) is 0 Å². The molecule has 2 aromatic rings. The average Bonchev–Trinajstić information content (AvgIpc) is 2.65. The van der Waals surface area contributed by atoms with Gasteiger partial charge in [0.15, 0.2) is 0 Å². The molecular formula is C17H15ClF2N2O4S. The third-order valence-electron chi connectivity index (χ3n) is 3.96. The molecule has 1 heterocycles. The molecule has 1 fully saturated rings. The molecule has 0 radical (unpaired) electrons. The van der Waals surface area contributed by atoms with Gasteiger partial charge in [-0.15, -0.1) is 0 Å². The molecule has 0 aromatic heterocycles. The van der Waals surface area contributed by atoms with Crippen molar-refractivity contribution < 1.29 is 26.7 Å². The Kier molecular flexibility index (Phi) is 5.75. The number of sulfonamides is 1. The van der Waals surface area contributed by atoms with Crippen LogP contribution in [0.4, 0.5) is 14.5 Å². The number of halogens is 3. The molecule has 2 aromatic carbocycles.